The second-order valence-electron chi connectivity index (χ2n) is 5.34. The van der Waals surface area contributed by atoms with Gasteiger partial charge in [0.25, 0.3) is 5.91 Å². The SMILES string of the molecule is CCC(C)(CCO)NC(=O)c1cnn(-c2ccc(F)cc2)n1. The Kier molecular flexibility index (Phi) is 4.87. The van der Waals surface area contributed by atoms with Gasteiger partial charge in [-0.1, -0.05) is 6.92 Å². The molecular formula is C15H19FN4O2. The van der Waals surface area contributed by atoms with Crippen LogP contribution in [0.2, 0.25) is 0 Å². The molecule has 0 aliphatic heterocycles. The Morgan fingerprint density at radius 3 is 2.68 bits per heavy atom. The highest BCUT2D eigenvalue weighted by molar-refractivity contribution is 5.92. The molecule has 2 aromatic rings. The van der Waals surface area contributed by atoms with Crippen LogP contribution in [0.15, 0.2) is 30.5 Å². The summed E-state index contributed by atoms with van der Waals surface area (Å²) in [5.41, 5.74) is 0.238. The van der Waals surface area contributed by atoms with E-state index in [0.29, 0.717) is 18.5 Å². The van der Waals surface area contributed by atoms with E-state index in [1.807, 2.05) is 13.8 Å². The van der Waals surface area contributed by atoms with Gasteiger partial charge in [-0.15, -0.1) is 5.10 Å². The molecule has 0 aliphatic carbocycles. The van der Waals surface area contributed by atoms with Crippen LogP contribution in [0.3, 0.4) is 0 Å². The summed E-state index contributed by atoms with van der Waals surface area (Å²) in [6.07, 6.45) is 2.50. The smallest absolute Gasteiger partial charge is 0.273 e. The summed E-state index contributed by atoms with van der Waals surface area (Å²) in [5.74, 6) is -0.706. The molecule has 1 heterocycles. The monoisotopic (exact) mass is 306 g/mol. The Morgan fingerprint density at radius 2 is 2.09 bits per heavy atom. The summed E-state index contributed by atoms with van der Waals surface area (Å²) < 4.78 is 12.9. The van der Waals surface area contributed by atoms with Crippen molar-refractivity contribution in [1.82, 2.24) is 20.3 Å². The van der Waals surface area contributed by atoms with Gasteiger partial charge in [0.2, 0.25) is 0 Å². The highest BCUT2D eigenvalue weighted by Gasteiger charge is 2.25. The van der Waals surface area contributed by atoms with Crippen LogP contribution in [0.5, 0.6) is 0 Å². The zero-order valence-electron chi connectivity index (χ0n) is 12.6. The number of amides is 1. The van der Waals surface area contributed by atoms with Crippen molar-refractivity contribution in [3.8, 4) is 5.69 Å². The molecule has 0 bridgehead atoms. The molecule has 1 unspecified atom stereocenters. The third-order valence-electron chi connectivity index (χ3n) is 3.64. The van der Waals surface area contributed by atoms with E-state index in [4.69, 9.17) is 5.11 Å². The van der Waals surface area contributed by atoms with Gasteiger partial charge in [0, 0.05) is 12.1 Å². The van der Waals surface area contributed by atoms with Gasteiger partial charge in [-0.3, -0.25) is 4.79 Å². The summed E-state index contributed by atoms with van der Waals surface area (Å²) in [5, 5.41) is 20.0. The Balaban J connectivity index is 2.13. The van der Waals surface area contributed by atoms with E-state index in [9.17, 15) is 9.18 Å². The molecule has 0 radical (unpaired) electrons. The fourth-order valence-electron chi connectivity index (χ4n) is 1.98. The van der Waals surface area contributed by atoms with Gasteiger partial charge in [-0.05, 0) is 44.0 Å². The van der Waals surface area contributed by atoms with Crippen molar-refractivity contribution in [3.05, 3.63) is 42.0 Å². The maximum atomic E-state index is 12.9. The minimum absolute atomic E-state index is 0.00705. The maximum Gasteiger partial charge on any atom is 0.273 e. The fourth-order valence-corrected chi connectivity index (χ4v) is 1.98. The van der Waals surface area contributed by atoms with Crippen LogP contribution in [0.25, 0.3) is 5.69 Å². The number of aromatic nitrogens is 3. The average Bonchev–Trinajstić information content (AvgIpc) is 2.98. The summed E-state index contributed by atoms with van der Waals surface area (Å²) in [7, 11) is 0. The summed E-state index contributed by atoms with van der Waals surface area (Å²) in [6.45, 7) is 3.80. The van der Waals surface area contributed by atoms with Crippen molar-refractivity contribution in [2.24, 2.45) is 0 Å². The first-order valence-corrected chi connectivity index (χ1v) is 7.09. The lowest BCUT2D eigenvalue weighted by atomic mass is 9.95. The fraction of sp³-hybridized carbons (Fsp3) is 0.400. The molecule has 6 nitrogen and oxygen atoms in total. The highest BCUT2D eigenvalue weighted by atomic mass is 19.1. The predicted octanol–water partition coefficient (Wildman–Crippen LogP) is 1.69. The van der Waals surface area contributed by atoms with Crippen molar-refractivity contribution in [2.75, 3.05) is 6.61 Å². The van der Waals surface area contributed by atoms with Crippen LogP contribution >= 0.6 is 0 Å². The Bertz CT molecular complexity index is 641. The van der Waals surface area contributed by atoms with Gasteiger partial charge in [0.05, 0.1) is 11.9 Å². The molecule has 118 valence electrons. The Labute approximate surface area is 128 Å². The van der Waals surface area contributed by atoms with Crippen LogP contribution in [0.1, 0.15) is 37.2 Å². The topological polar surface area (TPSA) is 80.0 Å². The molecule has 0 saturated heterocycles. The molecule has 2 N–H and O–H groups in total. The maximum absolute atomic E-state index is 12.9. The van der Waals surface area contributed by atoms with E-state index >= 15 is 0 Å². The van der Waals surface area contributed by atoms with Crippen molar-refractivity contribution < 1.29 is 14.3 Å². The number of hydrogen-bond acceptors (Lipinski definition) is 4. The van der Waals surface area contributed by atoms with E-state index < -0.39 is 5.54 Å². The number of carbonyl (C=O) groups excluding carboxylic acids is 1. The van der Waals surface area contributed by atoms with E-state index in [1.165, 1.54) is 35.3 Å². The van der Waals surface area contributed by atoms with Crippen molar-refractivity contribution in [1.29, 1.82) is 0 Å². The first kappa shape index (κ1) is 16.1. The molecule has 0 aliphatic rings. The van der Waals surface area contributed by atoms with Gasteiger partial charge in [-0.25, -0.2) is 4.39 Å². The Morgan fingerprint density at radius 1 is 1.41 bits per heavy atom. The quantitative estimate of drug-likeness (QED) is 0.851. The van der Waals surface area contributed by atoms with Gasteiger partial charge in [0.1, 0.15) is 5.82 Å². The van der Waals surface area contributed by atoms with E-state index in [1.54, 1.807) is 0 Å². The number of carbonyl (C=O) groups is 1. The van der Waals surface area contributed by atoms with Crippen molar-refractivity contribution in [3.63, 3.8) is 0 Å². The van der Waals surface area contributed by atoms with Crippen LogP contribution in [0, 0.1) is 5.82 Å². The van der Waals surface area contributed by atoms with Crippen molar-refractivity contribution in [2.45, 2.75) is 32.2 Å². The second kappa shape index (κ2) is 6.65. The molecular weight excluding hydrogens is 287 g/mol. The summed E-state index contributed by atoms with van der Waals surface area (Å²) >= 11 is 0. The number of halogens is 1. The molecule has 7 heteroatoms. The zero-order chi connectivity index (χ0) is 16.2. The first-order chi connectivity index (χ1) is 10.5. The van der Waals surface area contributed by atoms with Gasteiger partial charge >= 0.3 is 0 Å². The third-order valence-corrected chi connectivity index (χ3v) is 3.64. The number of benzene rings is 1. The predicted molar refractivity (Wildman–Crippen MR) is 79.2 cm³/mol. The number of hydrogen-bond donors (Lipinski definition) is 2. The lowest BCUT2D eigenvalue weighted by molar-refractivity contribution is 0.0880. The molecule has 1 aromatic carbocycles. The van der Waals surface area contributed by atoms with E-state index in [-0.39, 0.29) is 24.0 Å². The molecule has 22 heavy (non-hydrogen) atoms. The molecule has 0 spiro atoms. The lowest BCUT2D eigenvalue weighted by Crippen LogP contribution is -2.46. The van der Waals surface area contributed by atoms with Crippen LogP contribution in [0.4, 0.5) is 4.39 Å². The molecule has 1 atom stereocenters. The average molecular weight is 306 g/mol. The minimum Gasteiger partial charge on any atom is -0.396 e. The second-order valence-corrected chi connectivity index (χ2v) is 5.34. The highest BCUT2D eigenvalue weighted by Crippen LogP contribution is 2.15. The van der Waals surface area contributed by atoms with E-state index in [2.05, 4.69) is 15.5 Å². The largest absolute Gasteiger partial charge is 0.396 e. The standard InChI is InChI=1S/C15H19FN4O2/c1-3-15(2,8-9-21)18-14(22)13-10-17-20(19-13)12-6-4-11(16)5-7-12/h4-7,10,21H,3,8-9H2,1-2H3,(H,18,22). The van der Waals surface area contributed by atoms with Gasteiger partial charge < -0.3 is 10.4 Å². The molecule has 0 saturated carbocycles. The number of rotatable bonds is 6. The van der Waals surface area contributed by atoms with Crippen LogP contribution in [-0.4, -0.2) is 38.2 Å². The molecule has 1 amide bonds. The number of aliphatic hydroxyl groups is 1. The van der Waals surface area contributed by atoms with Crippen LogP contribution < -0.4 is 5.32 Å². The molecule has 2 rings (SSSR count). The first-order valence-electron chi connectivity index (χ1n) is 7.09. The van der Waals surface area contributed by atoms with Gasteiger partial charge in [-0.2, -0.15) is 9.90 Å². The molecule has 0 fully saturated rings. The number of nitrogens with one attached hydrogen (secondary N) is 1. The van der Waals surface area contributed by atoms with E-state index in [0.717, 1.165) is 0 Å². The third kappa shape index (κ3) is 3.67. The molecule has 1 aromatic heterocycles. The Hall–Kier alpha value is -2.28. The number of nitrogens with zero attached hydrogens (tertiary/aromatic N) is 3. The summed E-state index contributed by atoms with van der Waals surface area (Å²) in [6, 6.07) is 5.65. The van der Waals surface area contributed by atoms with Gasteiger partial charge in [0.15, 0.2) is 5.69 Å². The normalized spacial score (nSPS) is 13.6. The summed E-state index contributed by atoms with van der Waals surface area (Å²) in [4.78, 5) is 13.5. The van der Waals surface area contributed by atoms with Crippen molar-refractivity contribution >= 4 is 5.91 Å². The minimum atomic E-state index is -0.495. The zero-order valence-corrected chi connectivity index (χ0v) is 12.6. The number of aliphatic hydroxyl groups excluding tert-OH is 1. The lowest BCUT2D eigenvalue weighted by Gasteiger charge is -2.28. The van der Waals surface area contributed by atoms with Crippen LogP contribution in [-0.2, 0) is 0 Å².